The van der Waals surface area contributed by atoms with E-state index in [-0.39, 0.29) is 11.2 Å². The number of rotatable bonds is 5. The molecule has 1 aromatic heterocycles. The van der Waals surface area contributed by atoms with E-state index in [2.05, 4.69) is 17.2 Å². The van der Waals surface area contributed by atoms with Gasteiger partial charge in [0.1, 0.15) is 0 Å². The lowest BCUT2D eigenvalue weighted by molar-refractivity contribution is -0.884. The molecule has 1 saturated heterocycles. The van der Waals surface area contributed by atoms with E-state index < -0.39 is 4.92 Å². The van der Waals surface area contributed by atoms with Gasteiger partial charge in [0.2, 0.25) is 0 Å². The van der Waals surface area contributed by atoms with Crippen LogP contribution in [0.3, 0.4) is 0 Å². The zero-order chi connectivity index (χ0) is 21.1. The molecule has 0 aliphatic carbocycles. The van der Waals surface area contributed by atoms with Crippen molar-refractivity contribution < 1.29 is 9.82 Å². The minimum Gasteiger partial charge on any atom is -0.334 e. The van der Waals surface area contributed by atoms with Gasteiger partial charge in [-0.2, -0.15) is 5.10 Å². The molecule has 1 fully saturated rings. The number of quaternary nitrogens is 1. The smallest absolute Gasteiger partial charge is 0.280 e. The van der Waals surface area contributed by atoms with Gasteiger partial charge in [0.25, 0.3) is 11.2 Å². The summed E-state index contributed by atoms with van der Waals surface area (Å²) < 4.78 is 1.39. The SMILES string of the molecule is C[NH+]1CCN(/N=C/c2c(-c3ccccc3)[nH]n(-c3ccc([N+](=O)[O-])cc3)c2=O)CC1. The standard InChI is InChI=1S/C21H22N6O3/c1-24-11-13-25(14-12-24)22-15-19-20(16-5-3-2-4-6-16)23-26(21(19)28)17-7-9-18(10-8-17)27(29)30/h2-10,15,23H,11-14H2,1H3/p+1/b22-15+. The number of H-pyrrole nitrogens is 1. The Labute approximate surface area is 173 Å². The fourth-order valence-electron chi connectivity index (χ4n) is 3.43. The molecule has 4 rings (SSSR count). The Bertz CT molecular complexity index is 1110. The van der Waals surface area contributed by atoms with Gasteiger partial charge in [0.05, 0.1) is 61.3 Å². The number of aromatic nitrogens is 2. The number of nitro groups is 1. The van der Waals surface area contributed by atoms with Crippen molar-refractivity contribution in [3.05, 3.63) is 80.6 Å². The van der Waals surface area contributed by atoms with Gasteiger partial charge < -0.3 is 4.90 Å². The summed E-state index contributed by atoms with van der Waals surface area (Å²) in [5.41, 5.74) is 2.20. The number of hydrogen-bond acceptors (Lipinski definition) is 5. The van der Waals surface area contributed by atoms with Gasteiger partial charge in [-0.1, -0.05) is 30.3 Å². The first-order chi connectivity index (χ1) is 14.5. The molecule has 0 bridgehead atoms. The molecule has 9 heteroatoms. The molecule has 154 valence electrons. The maximum absolute atomic E-state index is 13.2. The minimum absolute atomic E-state index is 0.0272. The Hall–Kier alpha value is -3.72. The number of piperazine rings is 1. The second kappa shape index (κ2) is 8.34. The van der Waals surface area contributed by atoms with Gasteiger partial charge in [-0.3, -0.25) is 25.0 Å². The molecule has 30 heavy (non-hydrogen) atoms. The highest BCUT2D eigenvalue weighted by Gasteiger charge is 2.18. The predicted molar refractivity (Wildman–Crippen MR) is 114 cm³/mol. The molecule has 9 nitrogen and oxygen atoms in total. The Morgan fingerprint density at radius 1 is 1.10 bits per heavy atom. The van der Waals surface area contributed by atoms with Crippen LogP contribution in [-0.2, 0) is 0 Å². The molecule has 2 heterocycles. The second-order valence-corrected chi connectivity index (χ2v) is 7.34. The summed E-state index contributed by atoms with van der Waals surface area (Å²) in [5.74, 6) is 0. The molecular weight excluding hydrogens is 384 g/mol. The third kappa shape index (κ3) is 4.01. The molecule has 2 N–H and O–H groups in total. The lowest BCUT2D eigenvalue weighted by atomic mass is 10.1. The average Bonchev–Trinajstić information content (AvgIpc) is 3.10. The number of nitrogens with zero attached hydrogens (tertiary/aromatic N) is 4. The molecule has 1 aliphatic rings. The molecule has 0 spiro atoms. The average molecular weight is 407 g/mol. The number of hydrogen-bond donors (Lipinski definition) is 2. The van der Waals surface area contributed by atoms with Crippen molar-refractivity contribution in [2.45, 2.75) is 0 Å². The van der Waals surface area contributed by atoms with E-state index in [0.717, 1.165) is 31.7 Å². The van der Waals surface area contributed by atoms with E-state index in [1.165, 1.54) is 21.7 Å². The summed E-state index contributed by atoms with van der Waals surface area (Å²) in [7, 11) is 2.16. The highest BCUT2D eigenvalue weighted by atomic mass is 16.6. The van der Waals surface area contributed by atoms with Crippen molar-refractivity contribution in [1.82, 2.24) is 14.8 Å². The Morgan fingerprint density at radius 2 is 1.77 bits per heavy atom. The summed E-state index contributed by atoms with van der Waals surface area (Å²) in [6.45, 7) is 3.68. The van der Waals surface area contributed by atoms with Gasteiger partial charge in [-0.15, -0.1) is 0 Å². The van der Waals surface area contributed by atoms with Crippen molar-refractivity contribution in [3.8, 4) is 16.9 Å². The summed E-state index contributed by atoms with van der Waals surface area (Å²) in [5, 5.41) is 20.6. The van der Waals surface area contributed by atoms with Crippen LogP contribution in [0.1, 0.15) is 5.56 Å². The number of nitro benzene ring substituents is 1. The van der Waals surface area contributed by atoms with Gasteiger partial charge in [0, 0.05) is 17.7 Å². The zero-order valence-corrected chi connectivity index (χ0v) is 16.6. The highest BCUT2D eigenvalue weighted by molar-refractivity contribution is 5.88. The first kappa shape index (κ1) is 19.6. The van der Waals surface area contributed by atoms with Crippen LogP contribution in [0.5, 0.6) is 0 Å². The quantitative estimate of drug-likeness (QED) is 0.373. The molecule has 2 aromatic carbocycles. The van der Waals surface area contributed by atoms with Crippen LogP contribution >= 0.6 is 0 Å². The summed E-state index contributed by atoms with van der Waals surface area (Å²) in [6.07, 6.45) is 1.61. The molecule has 1 aliphatic heterocycles. The van der Waals surface area contributed by atoms with E-state index >= 15 is 0 Å². The van der Waals surface area contributed by atoms with E-state index in [0.29, 0.717) is 16.9 Å². The van der Waals surface area contributed by atoms with Crippen LogP contribution in [0.15, 0.2) is 64.5 Å². The molecule has 3 aromatic rings. The molecule has 0 saturated carbocycles. The fraction of sp³-hybridized carbons (Fsp3) is 0.238. The van der Waals surface area contributed by atoms with Crippen molar-refractivity contribution in [3.63, 3.8) is 0 Å². The number of benzene rings is 2. The minimum atomic E-state index is -0.466. The van der Waals surface area contributed by atoms with E-state index in [4.69, 9.17) is 0 Å². The summed E-state index contributed by atoms with van der Waals surface area (Å²) in [6, 6.07) is 15.4. The predicted octanol–water partition coefficient (Wildman–Crippen LogP) is 0.905. The molecule has 0 amide bonds. The van der Waals surface area contributed by atoms with Crippen molar-refractivity contribution in [2.75, 3.05) is 33.2 Å². The van der Waals surface area contributed by atoms with E-state index in [9.17, 15) is 14.9 Å². The van der Waals surface area contributed by atoms with Crippen LogP contribution < -0.4 is 10.5 Å². The topological polar surface area (TPSA) is 101 Å². The van der Waals surface area contributed by atoms with Gasteiger partial charge in [-0.25, -0.2) is 4.68 Å². The van der Waals surface area contributed by atoms with Gasteiger partial charge in [0.15, 0.2) is 0 Å². The first-order valence-corrected chi connectivity index (χ1v) is 9.78. The number of hydrazone groups is 1. The number of aromatic amines is 1. The van der Waals surface area contributed by atoms with Crippen LogP contribution in [-0.4, -0.2) is 59.2 Å². The van der Waals surface area contributed by atoms with E-state index in [1.807, 2.05) is 35.3 Å². The zero-order valence-electron chi connectivity index (χ0n) is 16.6. The maximum Gasteiger partial charge on any atom is 0.280 e. The molecule has 0 unspecified atom stereocenters. The van der Waals surface area contributed by atoms with Crippen LogP contribution in [0.4, 0.5) is 5.69 Å². The van der Waals surface area contributed by atoms with E-state index in [1.54, 1.807) is 18.3 Å². The molecule has 0 atom stereocenters. The maximum atomic E-state index is 13.2. The van der Waals surface area contributed by atoms with Crippen LogP contribution in [0.2, 0.25) is 0 Å². The summed E-state index contributed by atoms with van der Waals surface area (Å²) in [4.78, 5) is 25.1. The molecular formula is C21H23N6O3+. The Morgan fingerprint density at radius 3 is 2.40 bits per heavy atom. The third-order valence-corrected chi connectivity index (χ3v) is 5.25. The van der Waals surface area contributed by atoms with Gasteiger partial charge >= 0.3 is 0 Å². The Balaban J connectivity index is 1.74. The Kier molecular flexibility index (Phi) is 5.44. The number of non-ortho nitro benzene ring substituents is 1. The molecule has 0 radical (unpaired) electrons. The number of likely N-dealkylation sites (N-methyl/N-ethyl adjacent to an activating group) is 1. The first-order valence-electron chi connectivity index (χ1n) is 9.78. The fourth-order valence-corrected chi connectivity index (χ4v) is 3.43. The normalized spacial score (nSPS) is 15.0. The monoisotopic (exact) mass is 407 g/mol. The third-order valence-electron chi connectivity index (χ3n) is 5.25. The largest absolute Gasteiger partial charge is 0.334 e. The lowest BCUT2D eigenvalue weighted by Gasteiger charge is -2.27. The van der Waals surface area contributed by atoms with Gasteiger partial charge in [-0.05, 0) is 12.1 Å². The van der Waals surface area contributed by atoms with Crippen molar-refractivity contribution >= 4 is 11.9 Å². The van der Waals surface area contributed by atoms with Crippen LogP contribution in [0.25, 0.3) is 16.9 Å². The highest BCUT2D eigenvalue weighted by Crippen LogP contribution is 2.20. The van der Waals surface area contributed by atoms with Crippen molar-refractivity contribution in [1.29, 1.82) is 0 Å². The number of nitrogens with one attached hydrogen (secondary N) is 2. The van der Waals surface area contributed by atoms with Crippen molar-refractivity contribution in [2.24, 2.45) is 5.10 Å². The summed E-state index contributed by atoms with van der Waals surface area (Å²) >= 11 is 0. The second-order valence-electron chi connectivity index (χ2n) is 7.34. The lowest BCUT2D eigenvalue weighted by Crippen LogP contribution is -3.11. The van der Waals surface area contributed by atoms with Crippen LogP contribution in [0, 0.1) is 10.1 Å².